The van der Waals surface area contributed by atoms with Crippen molar-refractivity contribution < 1.29 is 22.4 Å². The molecule has 0 bridgehead atoms. The zero-order chi connectivity index (χ0) is 16.8. The number of hydrogen-bond donors (Lipinski definition) is 0. The largest absolute Gasteiger partial charge is 0.417 e. The first-order valence-electron chi connectivity index (χ1n) is 6.54. The van der Waals surface area contributed by atoms with Gasteiger partial charge in [-0.15, -0.1) is 0 Å². The van der Waals surface area contributed by atoms with Gasteiger partial charge in [-0.3, -0.25) is 9.69 Å². The van der Waals surface area contributed by atoms with Gasteiger partial charge < -0.3 is 0 Å². The van der Waals surface area contributed by atoms with Crippen LogP contribution in [0.5, 0.6) is 0 Å². The summed E-state index contributed by atoms with van der Waals surface area (Å²) >= 11 is 0. The lowest BCUT2D eigenvalue weighted by Gasteiger charge is -2.20. The lowest BCUT2D eigenvalue weighted by atomic mass is 10.00. The highest BCUT2D eigenvalue weighted by Gasteiger charge is 2.45. The molecule has 3 nitrogen and oxygen atoms in total. The van der Waals surface area contributed by atoms with Crippen molar-refractivity contribution in [3.05, 3.63) is 65.0 Å². The number of benzene rings is 2. The van der Waals surface area contributed by atoms with E-state index in [0.717, 1.165) is 23.1 Å². The highest BCUT2D eigenvalue weighted by atomic mass is 19.4. The molecular formula is C16H8F4N2O. The summed E-state index contributed by atoms with van der Waals surface area (Å²) in [5, 5.41) is 9.30. The van der Waals surface area contributed by atoms with Gasteiger partial charge in [-0.1, -0.05) is 24.3 Å². The molecule has 1 aliphatic heterocycles. The molecule has 116 valence electrons. The quantitative estimate of drug-likeness (QED) is 0.744. The summed E-state index contributed by atoms with van der Waals surface area (Å²) in [5.41, 5.74) is -2.03. The molecule has 0 radical (unpaired) electrons. The Kier molecular flexibility index (Phi) is 3.33. The first-order chi connectivity index (χ1) is 10.9. The van der Waals surface area contributed by atoms with E-state index in [-0.39, 0.29) is 11.3 Å². The maximum absolute atomic E-state index is 14.0. The number of carbonyl (C=O) groups is 1. The molecule has 0 fully saturated rings. The molecule has 1 unspecified atom stereocenters. The first-order valence-corrected chi connectivity index (χ1v) is 6.54. The lowest BCUT2D eigenvalue weighted by molar-refractivity contribution is -0.137. The van der Waals surface area contributed by atoms with Crippen molar-refractivity contribution in [3.63, 3.8) is 0 Å². The predicted octanol–water partition coefficient (Wildman–Crippen LogP) is 4.07. The van der Waals surface area contributed by atoms with Crippen molar-refractivity contribution in [2.24, 2.45) is 0 Å². The van der Waals surface area contributed by atoms with Crippen LogP contribution in [-0.2, 0) is 6.18 Å². The van der Waals surface area contributed by atoms with Crippen molar-refractivity contribution in [2.75, 3.05) is 4.90 Å². The van der Waals surface area contributed by atoms with Crippen molar-refractivity contribution in [2.45, 2.75) is 12.2 Å². The van der Waals surface area contributed by atoms with Crippen LogP contribution >= 0.6 is 0 Å². The van der Waals surface area contributed by atoms with Gasteiger partial charge in [0.2, 0.25) is 0 Å². The van der Waals surface area contributed by atoms with Gasteiger partial charge in [0, 0.05) is 5.56 Å². The van der Waals surface area contributed by atoms with E-state index < -0.39 is 35.1 Å². The van der Waals surface area contributed by atoms with Crippen LogP contribution in [0.2, 0.25) is 0 Å². The number of hydrogen-bond acceptors (Lipinski definition) is 2. The summed E-state index contributed by atoms with van der Waals surface area (Å²) in [6.07, 6.45) is -4.74. The second-order valence-corrected chi connectivity index (χ2v) is 4.93. The predicted molar refractivity (Wildman–Crippen MR) is 73.0 cm³/mol. The van der Waals surface area contributed by atoms with E-state index in [4.69, 9.17) is 0 Å². The van der Waals surface area contributed by atoms with Gasteiger partial charge in [0.15, 0.2) is 6.04 Å². The van der Waals surface area contributed by atoms with E-state index in [2.05, 4.69) is 0 Å². The number of amides is 1. The molecule has 0 aromatic heterocycles. The van der Waals surface area contributed by atoms with Crippen molar-refractivity contribution in [1.82, 2.24) is 0 Å². The molecule has 0 N–H and O–H groups in total. The van der Waals surface area contributed by atoms with E-state index in [1.165, 1.54) is 24.3 Å². The van der Waals surface area contributed by atoms with Crippen LogP contribution in [0.25, 0.3) is 0 Å². The van der Waals surface area contributed by atoms with E-state index in [0.29, 0.717) is 0 Å². The topological polar surface area (TPSA) is 44.1 Å². The number of nitriles is 1. The number of para-hydroxylation sites is 1. The third-order valence-corrected chi connectivity index (χ3v) is 3.62. The maximum atomic E-state index is 14.0. The zero-order valence-electron chi connectivity index (χ0n) is 11.4. The zero-order valence-corrected chi connectivity index (χ0v) is 11.4. The minimum absolute atomic E-state index is 0.0735. The number of alkyl halides is 3. The van der Waals surface area contributed by atoms with Gasteiger partial charge in [0.1, 0.15) is 5.82 Å². The van der Waals surface area contributed by atoms with Crippen molar-refractivity contribution >= 4 is 11.6 Å². The summed E-state index contributed by atoms with van der Waals surface area (Å²) in [6.45, 7) is 0. The normalized spacial score (nSPS) is 17.1. The van der Waals surface area contributed by atoms with Gasteiger partial charge in [0.25, 0.3) is 5.91 Å². The lowest BCUT2D eigenvalue weighted by Crippen LogP contribution is -2.28. The van der Waals surface area contributed by atoms with Crippen LogP contribution in [-0.4, -0.2) is 5.91 Å². The average Bonchev–Trinajstić information content (AvgIpc) is 2.79. The molecule has 1 aliphatic rings. The summed E-state index contributed by atoms with van der Waals surface area (Å²) in [7, 11) is 0. The number of halogens is 4. The standard InChI is InChI=1S/C16H8F4N2O/c17-11-6-1-2-7-12(11)22-13(8-21)9-4-3-5-10(16(18,19)20)14(9)15(22)23/h1-7,13H. The van der Waals surface area contributed by atoms with Gasteiger partial charge >= 0.3 is 6.18 Å². The third-order valence-electron chi connectivity index (χ3n) is 3.62. The van der Waals surface area contributed by atoms with Crippen LogP contribution in [0, 0.1) is 17.1 Å². The van der Waals surface area contributed by atoms with Crippen molar-refractivity contribution in [1.29, 1.82) is 5.26 Å². The molecular weight excluding hydrogens is 312 g/mol. The molecule has 23 heavy (non-hydrogen) atoms. The second kappa shape index (κ2) is 5.09. The Labute approximate surface area is 128 Å². The van der Waals surface area contributed by atoms with Crippen LogP contribution in [0.3, 0.4) is 0 Å². The molecule has 1 amide bonds. The maximum Gasteiger partial charge on any atom is 0.417 e. The van der Waals surface area contributed by atoms with Gasteiger partial charge in [-0.2, -0.15) is 18.4 Å². The number of rotatable bonds is 1. The monoisotopic (exact) mass is 320 g/mol. The van der Waals surface area contributed by atoms with E-state index in [1.807, 2.05) is 0 Å². The van der Waals surface area contributed by atoms with Gasteiger partial charge in [-0.05, 0) is 18.2 Å². The molecule has 0 spiro atoms. The number of nitrogens with zero attached hydrogens (tertiary/aromatic N) is 2. The van der Waals surface area contributed by atoms with Gasteiger partial charge in [0.05, 0.1) is 22.9 Å². The molecule has 1 heterocycles. The number of carbonyl (C=O) groups excluding carboxylic acids is 1. The third kappa shape index (κ3) is 2.23. The Hall–Kier alpha value is -2.88. The fourth-order valence-corrected chi connectivity index (χ4v) is 2.67. The molecule has 7 heteroatoms. The van der Waals surface area contributed by atoms with E-state index >= 15 is 0 Å². The number of anilines is 1. The van der Waals surface area contributed by atoms with Crippen LogP contribution in [0.4, 0.5) is 23.2 Å². The summed E-state index contributed by atoms with van der Waals surface area (Å²) < 4.78 is 53.3. The fraction of sp³-hybridized carbons (Fsp3) is 0.125. The Morgan fingerprint density at radius 2 is 1.78 bits per heavy atom. The van der Waals surface area contributed by atoms with Crippen LogP contribution < -0.4 is 4.90 Å². The average molecular weight is 320 g/mol. The van der Waals surface area contributed by atoms with Crippen LogP contribution in [0.1, 0.15) is 27.5 Å². The Bertz CT molecular complexity index is 839. The minimum atomic E-state index is -4.74. The highest BCUT2D eigenvalue weighted by molar-refractivity contribution is 6.12. The molecule has 0 saturated heterocycles. The van der Waals surface area contributed by atoms with Gasteiger partial charge in [-0.25, -0.2) is 4.39 Å². The Morgan fingerprint density at radius 1 is 1.09 bits per heavy atom. The minimum Gasteiger partial charge on any atom is -0.285 e. The molecule has 0 saturated carbocycles. The van der Waals surface area contributed by atoms with E-state index in [9.17, 15) is 27.6 Å². The first kappa shape index (κ1) is 15.0. The summed E-state index contributed by atoms with van der Waals surface area (Å²) in [6, 6.07) is 8.79. The SMILES string of the molecule is N#CC1c2cccc(C(F)(F)F)c2C(=O)N1c1ccccc1F. The number of fused-ring (bicyclic) bond motifs is 1. The van der Waals surface area contributed by atoms with Crippen molar-refractivity contribution in [3.8, 4) is 6.07 Å². The second-order valence-electron chi connectivity index (χ2n) is 4.93. The molecule has 0 aliphatic carbocycles. The fourth-order valence-electron chi connectivity index (χ4n) is 2.67. The van der Waals surface area contributed by atoms with Crippen LogP contribution in [0.15, 0.2) is 42.5 Å². The van der Waals surface area contributed by atoms with E-state index in [1.54, 1.807) is 6.07 Å². The molecule has 1 atom stereocenters. The highest BCUT2D eigenvalue weighted by Crippen LogP contribution is 2.43. The Morgan fingerprint density at radius 3 is 2.39 bits per heavy atom. The summed E-state index contributed by atoms with van der Waals surface area (Å²) in [5.74, 6) is -1.83. The summed E-state index contributed by atoms with van der Waals surface area (Å²) in [4.78, 5) is 13.3. The Balaban J connectivity index is 2.24. The molecule has 2 aromatic carbocycles. The smallest absolute Gasteiger partial charge is 0.285 e. The molecule has 2 aromatic rings. The molecule has 3 rings (SSSR count).